The van der Waals surface area contributed by atoms with Crippen molar-refractivity contribution in [2.24, 2.45) is 0 Å². The van der Waals surface area contributed by atoms with E-state index in [1.54, 1.807) is 0 Å². The van der Waals surface area contributed by atoms with E-state index in [1.165, 1.54) is 0 Å². The first-order chi connectivity index (χ1) is 2.50. The first-order valence-electron chi connectivity index (χ1n) is 1.05. The van der Waals surface area contributed by atoms with Crippen LogP contribution >= 0.6 is 0 Å². The minimum Gasteiger partial charge on any atom is -0.157 e. The topological polar surface area (TPSA) is 97.9 Å². The van der Waals surface area contributed by atoms with Gasteiger partial charge in [-0.1, -0.05) is 0 Å². The predicted molar refractivity (Wildman–Crippen MR) is 14.1 cm³/mol. The maximum Gasteiger partial charge on any atom is 0 e. The summed E-state index contributed by atoms with van der Waals surface area (Å²) >= 11 is 0. The molecule has 6 nitrogen and oxygen atoms in total. The second kappa shape index (κ2) is 2.21. The molecule has 0 bridgehead atoms. The Bertz CT molecular complexity index is 56.5. The molecule has 0 unspecified atom stereocenters. The van der Waals surface area contributed by atoms with E-state index in [2.05, 4.69) is 26.1 Å². The lowest BCUT2D eigenvalue weighted by Gasteiger charge is -1.40. The van der Waals surface area contributed by atoms with Gasteiger partial charge in [-0.05, 0) is 20.9 Å². The van der Waals surface area contributed by atoms with Gasteiger partial charge in [-0.25, -0.2) is 0 Å². The number of nitrogens with zero attached hydrogens (tertiary/aromatic N) is 5. The summed E-state index contributed by atoms with van der Waals surface area (Å²) in [6.07, 6.45) is 0. The number of rotatable bonds is 0. The number of aromatic amines is 1. The Morgan fingerprint density at radius 1 is 1.00 bits per heavy atom. The molecule has 0 saturated carbocycles. The third-order valence-electron chi connectivity index (χ3n) is 0.219. The molecule has 0 spiro atoms. The fourth-order valence-corrected chi connectivity index (χ4v) is 0.100. The predicted octanol–water partition coefficient (Wildman–Crippen LogP) is -1.89. The highest BCUT2D eigenvalue weighted by Crippen LogP contribution is 1.31. The van der Waals surface area contributed by atoms with Gasteiger partial charge in [-0.3, -0.25) is 0 Å². The minimum atomic E-state index is 0. The first kappa shape index (κ1) is 4.96. The molecule has 6 heavy (non-hydrogen) atoms. The molecule has 1 aromatic rings. The van der Waals surface area contributed by atoms with Crippen LogP contribution < -0.4 is 6.15 Å². The lowest BCUT2D eigenvalue weighted by Crippen LogP contribution is -1.64. The summed E-state index contributed by atoms with van der Waals surface area (Å²) in [6, 6.07) is 0. The number of H-pyrrole nitrogens is 1. The van der Waals surface area contributed by atoms with Crippen molar-refractivity contribution < 1.29 is 0 Å². The third-order valence-corrected chi connectivity index (χ3v) is 0.219. The fraction of sp³-hybridized carbons (Fsp3) is 0. The third kappa shape index (κ3) is 0.725. The van der Waals surface area contributed by atoms with Crippen molar-refractivity contribution in [3.8, 4) is 0 Å². The van der Waals surface area contributed by atoms with Crippen LogP contribution in [0.4, 0.5) is 0 Å². The molecule has 1 heterocycles. The van der Waals surface area contributed by atoms with Crippen LogP contribution in [0.2, 0.25) is 0 Å². The molecule has 1 rings (SSSR count). The zero-order chi connectivity index (χ0) is 3.54. The largest absolute Gasteiger partial charge is 0.157 e. The highest BCUT2D eigenvalue weighted by Gasteiger charge is 1.59. The molecule has 0 amide bonds. The van der Waals surface area contributed by atoms with Crippen LogP contribution in [-0.2, 0) is 0 Å². The van der Waals surface area contributed by atoms with E-state index in [-0.39, 0.29) is 6.15 Å². The minimum absolute atomic E-state index is 0. The zero-order valence-corrected chi connectivity index (χ0v) is 2.74. The van der Waals surface area contributed by atoms with E-state index < -0.39 is 0 Å². The Morgan fingerprint density at radius 2 is 1.50 bits per heavy atom. The second-order valence-electron chi connectivity index (χ2n) is 0.479. The zero-order valence-electron chi connectivity index (χ0n) is 2.74. The molecule has 0 aliphatic heterocycles. The van der Waals surface area contributed by atoms with Gasteiger partial charge in [0, 0.05) is 6.15 Å². The Hall–Kier alpha value is -1.04. The molecule has 3 radical (unpaired) electrons. The van der Waals surface area contributed by atoms with Crippen molar-refractivity contribution in [2.75, 3.05) is 0 Å². The number of hydrogen-bond acceptors (Lipinski definition) is 4. The molecular weight excluding hydrogens is 84.0 g/mol. The molecule has 0 fully saturated rings. The SMILES string of the molecule is [N].n1nn[nH]n1. The Balaban J connectivity index is 0.000000250. The highest BCUT2D eigenvalue weighted by atomic mass is 15.6. The van der Waals surface area contributed by atoms with Gasteiger partial charge < -0.3 is 0 Å². The van der Waals surface area contributed by atoms with Crippen molar-refractivity contribution in [3.05, 3.63) is 0 Å². The van der Waals surface area contributed by atoms with Gasteiger partial charge in [-0.2, -0.15) is 5.21 Å². The van der Waals surface area contributed by atoms with Crippen LogP contribution in [0.15, 0.2) is 0 Å². The number of nitrogens with one attached hydrogen (secondary N) is 1. The molecule has 0 atom stereocenters. The summed E-state index contributed by atoms with van der Waals surface area (Å²) in [6.45, 7) is 0. The quantitative estimate of drug-likeness (QED) is 0.398. The second-order valence-corrected chi connectivity index (χ2v) is 0.479. The molecular formula is HN6. The number of hydrogen-bond donors (Lipinski definition) is 1. The smallest absolute Gasteiger partial charge is 0 e. The molecule has 1 aromatic heterocycles. The maximum atomic E-state index is 3.12. The fourth-order valence-electron chi connectivity index (χ4n) is 0.100. The summed E-state index contributed by atoms with van der Waals surface area (Å²) in [7, 11) is 0. The summed E-state index contributed by atoms with van der Waals surface area (Å²) in [5, 5.41) is 14.5. The molecule has 0 aliphatic carbocycles. The van der Waals surface area contributed by atoms with Crippen LogP contribution in [0, 0.1) is 0 Å². The molecule has 0 saturated heterocycles. The van der Waals surface area contributed by atoms with Crippen LogP contribution in [-0.4, -0.2) is 26.1 Å². The average Bonchev–Trinajstić information content (AvgIpc) is 1.76. The molecule has 31 valence electrons. The van der Waals surface area contributed by atoms with Crippen molar-refractivity contribution in [1.82, 2.24) is 32.2 Å². The first-order valence-corrected chi connectivity index (χ1v) is 1.05. The van der Waals surface area contributed by atoms with Crippen LogP contribution in [0.5, 0.6) is 0 Å². The number of aromatic nitrogens is 5. The van der Waals surface area contributed by atoms with Crippen molar-refractivity contribution in [2.45, 2.75) is 0 Å². The van der Waals surface area contributed by atoms with E-state index in [4.69, 9.17) is 0 Å². The van der Waals surface area contributed by atoms with Gasteiger partial charge in [0.15, 0.2) is 0 Å². The van der Waals surface area contributed by atoms with Crippen LogP contribution in [0.1, 0.15) is 0 Å². The van der Waals surface area contributed by atoms with Crippen LogP contribution in [0.3, 0.4) is 0 Å². The van der Waals surface area contributed by atoms with Gasteiger partial charge in [-0.15, -0.1) is 0 Å². The lowest BCUT2D eigenvalue weighted by atomic mass is 12.7. The standard InChI is InChI=1S/HN5.N/c1-2-4-5-3-1;/h(H,1,2,3,4,5);. The van der Waals surface area contributed by atoms with Crippen molar-refractivity contribution in [1.29, 1.82) is 0 Å². The molecule has 6 heteroatoms. The lowest BCUT2D eigenvalue weighted by molar-refractivity contribution is 0.881. The summed E-state index contributed by atoms with van der Waals surface area (Å²) in [4.78, 5) is 0. The van der Waals surface area contributed by atoms with E-state index >= 15 is 0 Å². The Morgan fingerprint density at radius 3 is 1.67 bits per heavy atom. The monoisotopic (exact) mass is 85.0 g/mol. The van der Waals surface area contributed by atoms with E-state index in [1.807, 2.05) is 0 Å². The van der Waals surface area contributed by atoms with Gasteiger partial charge in [0.05, 0.1) is 0 Å². The van der Waals surface area contributed by atoms with E-state index in [9.17, 15) is 0 Å². The van der Waals surface area contributed by atoms with E-state index in [0.29, 0.717) is 0 Å². The Kier molecular flexibility index (Phi) is 1.83. The molecule has 1 N–H and O–H groups in total. The Labute approximate surface area is 33.5 Å². The average molecular weight is 85.0 g/mol. The van der Waals surface area contributed by atoms with Gasteiger partial charge >= 0.3 is 0 Å². The van der Waals surface area contributed by atoms with Gasteiger partial charge in [0.25, 0.3) is 0 Å². The van der Waals surface area contributed by atoms with E-state index in [0.717, 1.165) is 0 Å². The summed E-state index contributed by atoms with van der Waals surface area (Å²) in [5.74, 6) is 0. The maximum absolute atomic E-state index is 3.12. The molecule has 0 aromatic carbocycles. The van der Waals surface area contributed by atoms with Gasteiger partial charge in [0.1, 0.15) is 0 Å². The van der Waals surface area contributed by atoms with Crippen molar-refractivity contribution in [3.63, 3.8) is 0 Å². The van der Waals surface area contributed by atoms with Crippen molar-refractivity contribution >= 4 is 0 Å². The summed E-state index contributed by atoms with van der Waals surface area (Å²) < 4.78 is 0. The van der Waals surface area contributed by atoms with Crippen LogP contribution in [0.25, 0.3) is 0 Å². The summed E-state index contributed by atoms with van der Waals surface area (Å²) in [5.41, 5.74) is 0. The van der Waals surface area contributed by atoms with Gasteiger partial charge in [0.2, 0.25) is 0 Å². The highest BCUT2D eigenvalue weighted by molar-refractivity contribution is 3.84. The normalized spacial score (nSPS) is 6.67. The molecule has 0 aliphatic rings.